The van der Waals surface area contributed by atoms with E-state index in [1.165, 1.54) is 65.0 Å². The molecule has 1 aliphatic carbocycles. The lowest BCUT2D eigenvalue weighted by atomic mass is 9.79. The summed E-state index contributed by atoms with van der Waals surface area (Å²) < 4.78 is 5.61. The lowest BCUT2D eigenvalue weighted by molar-refractivity contribution is -0.0299. The van der Waals surface area contributed by atoms with Gasteiger partial charge in [-0.25, -0.2) is 0 Å². The Kier molecular flexibility index (Phi) is 7.40. The van der Waals surface area contributed by atoms with Crippen LogP contribution in [0.3, 0.4) is 0 Å². The van der Waals surface area contributed by atoms with Crippen LogP contribution in [0.25, 0.3) is 0 Å². The van der Waals surface area contributed by atoms with Gasteiger partial charge in [0.2, 0.25) is 0 Å². The smallest absolute Gasteiger partial charge is 0.0630 e. The van der Waals surface area contributed by atoms with Crippen LogP contribution in [0.5, 0.6) is 0 Å². The van der Waals surface area contributed by atoms with Gasteiger partial charge in [0.05, 0.1) is 6.61 Å². The maximum atomic E-state index is 5.61. The van der Waals surface area contributed by atoms with E-state index >= 15 is 0 Å². The van der Waals surface area contributed by atoms with Gasteiger partial charge in [0.15, 0.2) is 0 Å². The Balaban J connectivity index is 1.47. The van der Waals surface area contributed by atoms with E-state index in [2.05, 4.69) is 42.4 Å². The SMILES string of the molecule is COC[C@H]1CN(C2CCC(C(C)C)CC2)CCN1CC1CN(C(C)C)C1. The van der Waals surface area contributed by atoms with Crippen molar-refractivity contribution in [2.24, 2.45) is 17.8 Å². The Labute approximate surface area is 162 Å². The molecule has 4 nitrogen and oxygen atoms in total. The van der Waals surface area contributed by atoms with Crippen molar-refractivity contribution in [3.8, 4) is 0 Å². The summed E-state index contributed by atoms with van der Waals surface area (Å²) in [6, 6.07) is 2.12. The molecular formula is C22H43N3O. The highest BCUT2D eigenvalue weighted by atomic mass is 16.5. The Morgan fingerprint density at radius 2 is 1.62 bits per heavy atom. The van der Waals surface area contributed by atoms with E-state index in [1.807, 2.05) is 7.11 Å². The monoisotopic (exact) mass is 365 g/mol. The van der Waals surface area contributed by atoms with E-state index in [0.717, 1.165) is 30.4 Å². The number of hydrogen-bond donors (Lipinski definition) is 0. The minimum Gasteiger partial charge on any atom is -0.383 e. The van der Waals surface area contributed by atoms with Gasteiger partial charge in [0.25, 0.3) is 0 Å². The second-order valence-corrected chi connectivity index (χ2v) is 9.83. The molecule has 2 saturated heterocycles. The van der Waals surface area contributed by atoms with Crippen molar-refractivity contribution in [2.45, 2.75) is 71.5 Å². The highest BCUT2D eigenvalue weighted by Gasteiger charge is 2.36. The molecular weight excluding hydrogens is 322 g/mol. The zero-order valence-electron chi connectivity index (χ0n) is 18.0. The Morgan fingerprint density at radius 3 is 2.19 bits per heavy atom. The molecule has 3 fully saturated rings. The predicted octanol–water partition coefficient (Wildman–Crippen LogP) is 3.17. The molecule has 0 aromatic carbocycles. The normalized spacial score (nSPS) is 33.1. The molecule has 0 unspecified atom stereocenters. The zero-order valence-corrected chi connectivity index (χ0v) is 18.0. The van der Waals surface area contributed by atoms with E-state index < -0.39 is 0 Å². The molecule has 0 aromatic rings. The summed E-state index contributed by atoms with van der Waals surface area (Å²) in [5, 5.41) is 0. The van der Waals surface area contributed by atoms with Crippen molar-refractivity contribution >= 4 is 0 Å². The summed E-state index contributed by atoms with van der Waals surface area (Å²) in [5.41, 5.74) is 0. The van der Waals surface area contributed by atoms with Crippen LogP contribution in [-0.4, -0.2) is 85.8 Å². The summed E-state index contributed by atoms with van der Waals surface area (Å²) >= 11 is 0. The van der Waals surface area contributed by atoms with Gasteiger partial charge in [-0.3, -0.25) is 9.80 Å². The maximum absolute atomic E-state index is 5.61. The van der Waals surface area contributed by atoms with Gasteiger partial charge in [-0.1, -0.05) is 13.8 Å². The number of hydrogen-bond acceptors (Lipinski definition) is 4. The summed E-state index contributed by atoms with van der Waals surface area (Å²) in [6.45, 7) is 17.9. The number of rotatable bonds is 7. The largest absolute Gasteiger partial charge is 0.383 e. The third-order valence-electron chi connectivity index (χ3n) is 7.40. The minimum absolute atomic E-state index is 0.588. The lowest BCUT2D eigenvalue weighted by Crippen LogP contribution is -2.61. The third kappa shape index (κ3) is 5.01. The Morgan fingerprint density at radius 1 is 0.923 bits per heavy atom. The van der Waals surface area contributed by atoms with E-state index in [4.69, 9.17) is 4.74 Å². The fourth-order valence-electron chi connectivity index (χ4n) is 5.45. The number of likely N-dealkylation sites (tertiary alicyclic amines) is 1. The van der Waals surface area contributed by atoms with Crippen LogP contribution < -0.4 is 0 Å². The van der Waals surface area contributed by atoms with Crippen LogP contribution in [0.15, 0.2) is 0 Å². The molecule has 26 heavy (non-hydrogen) atoms. The average molecular weight is 366 g/mol. The average Bonchev–Trinajstić information content (AvgIpc) is 2.58. The second kappa shape index (κ2) is 9.36. The first-order chi connectivity index (χ1) is 12.5. The van der Waals surface area contributed by atoms with Gasteiger partial charge < -0.3 is 9.64 Å². The van der Waals surface area contributed by atoms with Gasteiger partial charge in [0.1, 0.15) is 0 Å². The topological polar surface area (TPSA) is 19.0 Å². The molecule has 0 aromatic heterocycles. The number of nitrogens with zero attached hydrogens (tertiary/aromatic N) is 3. The molecule has 3 aliphatic rings. The molecule has 0 radical (unpaired) electrons. The van der Waals surface area contributed by atoms with Crippen molar-refractivity contribution in [1.29, 1.82) is 0 Å². The Bertz CT molecular complexity index is 414. The molecule has 0 N–H and O–H groups in total. The summed E-state index contributed by atoms with van der Waals surface area (Å²) in [5.74, 6) is 2.69. The summed E-state index contributed by atoms with van der Waals surface area (Å²) in [4.78, 5) is 8.14. The van der Waals surface area contributed by atoms with E-state index in [0.29, 0.717) is 12.1 Å². The summed E-state index contributed by atoms with van der Waals surface area (Å²) in [6.07, 6.45) is 5.69. The van der Waals surface area contributed by atoms with Crippen molar-refractivity contribution in [2.75, 3.05) is 53.0 Å². The zero-order chi connectivity index (χ0) is 18.7. The third-order valence-corrected chi connectivity index (χ3v) is 7.40. The highest BCUT2D eigenvalue weighted by Crippen LogP contribution is 2.33. The first-order valence-corrected chi connectivity index (χ1v) is 11.2. The molecule has 0 bridgehead atoms. The van der Waals surface area contributed by atoms with Gasteiger partial charge in [-0.05, 0) is 57.3 Å². The van der Waals surface area contributed by atoms with Crippen molar-refractivity contribution in [3.05, 3.63) is 0 Å². The predicted molar refractivity (Wildman–Crippen MR) is 110 cm³/mol. The minimum atomic E-state index is 0.588. The van der Waals surface area contributed by atoms with Crippen molar-refractivity contribution in [1.82, 2.24) is 14.7 Å². The number of methoxy groups -OCH3 is 1. The molecule has 3 rings (SSSR count). The molecule has 0 amide bonds. The van der Waals surface area contributed by atoms with Crippen LogP contribution in [0.4, 0.5) is 0 Å². The Hall–Kier alpha value is -0.160. The van der Waals surface area contributed by atoms with Crippen LogP contribution in [0.2, 0.25) is 0 Å². The molecule has 4 heteroatoms. The quantitative estimate of drug-likeness (QED) is 0.690. The fraction of sp³-hybridized carbons (Fsp3) is 1.00. The number of ether oxygens (including phenoxy) is 1. The molecule has 1 atom stereocenters. The van der Waals surface area contributed by atoms with Gasteiger partial charge in [-0.15, -0.1) is 0 Å². The van der Waals surface area contributed by atoms with Crippen molar-refractivity contribution < 1.29 is 4.74 Å². The molecule has 1 saturated carbocycles. The lowest BCUT2D eigenvalue weighted by Gasteiger charge is -2.49. The van der Waals surface area contributed by atoms with Crippen LogP contribution in [0.1, 0.15) is 53.4 Å². The van der Waals surface area contributed by atoms with E-state index in [9.17, 15) is 0 Å². The summed E-state index contributed by atoms with van der Waals surface area (Å²) in [7, 11) is 1.87. The van der Waals surface area contributed by atoms with Gasteiger partial charge in [-0.2, -0.15) is 0 Å². The maximum Gasteiger partial charge on any atom is 0.0630 e. The standard InChI is InChI=1S/C22H43N3O/c1-17(2)20-6-8-21(9-7-20)24-11-10-23(22(15-24)16-26-5)12-19-13-25(14-19)18(3)4/h17-22H,6-16H2,1-5H3/t20?,21?,22-/m1/s1. The molecule has 2 heterocycles. The second-order valence-electron chi connectivity index (χ2n) is 9.83. The molecule has 152 valence electrons. The molecule has 0 spiro atoms. The van der Waals surface area contributed by atoms with Crippen molar-refractivity contribution in [3.63, 3.8) is 0 Å². The molecule has 2 aliphatic heterocycles. The van der Waals surface area contributed by atoms with Gasteiger partial charge >= 0.3 is 0 Å². The number of piperazine rings is 1. The fourth-order valence-corrected chi connectivity index (χ4v) is 5.45. The van der Waals surface area contributed by atoms with Crippen LogP contribution >= 0.6 is 0 Å². The van der Waals surface area contributed by atoms with Crippen LogP contribution in [-0.2, 0) is 4.74 Å². The van der Waals surface area contributed by atoms with Crippen LogP contribution in [0, 0.1) is 17.8 Å². The van der Waals surface area contributed by atoms with E-state index in [-0.39, 0.29) is 0 Å². The first kappa shape index (κ1) is 20.6. The van der Waals surface area contributed by atoms with Gasteiger partial charge in [0, 0.05) is 64.5 Å². The highest BCUT2D eigenvalue weighted by molar-refractivity contribution is 4.91. The first-order valence-electron chi connectivity index (χ1n) is 11.2. The van der Waals surface area contributed by atoms with E-state index in [1.54, 1.807) is 0 Å².